The van der Waals surface area contributed by atoms with Crippen LogP contribution in [-0.4, -0.2) is 52.6 Å². The van der Waals surface area contributed by atoms with Crippen LogP contribution in [0.5, 0.6) is 0 Å². The minimum atomic E-state index is -2.42. The molecule has 0 aliphatic carbocycles. The fourth-order valence-electron chi connectivity index (χ4n) is 3.00. The highest BCUT2D eigenvalue weighted by atomic mass is 19.1. The van der Waals surface area contributed by atoms with Gasteiger partial charge < -0.3 is 15.3 Å². The average Bonchev–Trinajstić information content (AvgIpc) is 3.09. The van der Waals surface area contributed by atoms with Crippen LogP contribution in [0.4, 0.5) is 9.18 Å². The molecule has 3 rings (SSSR count). The Balaban J connectivity index is 1.77. The molecule has 132 valence electrons. The van der Waals surface area contributed by atoms with Crippen LogP contribution in [0.25, 0.3) is 0 Å². The topological polar surface area (TPSA) is 116 Å². The number of hydrogen-bond donors (Lipinski definition) is 3. The first-order valence-corrected chi connectivity index (χ1v) is 7.61. The Labute approximate surface area is 142 Å². The lowest BCUT2D eigenvalue weighted by atomic mass is 9.91. The number of alkyl halides is 1. The summed E-state index contributed by atoms with van der Waals surface area (Å²) in [5.74, 6) is -2.56. The van der Waals surface area contributed by atoms with Crippen molar-refractivity contribution in [1.29, 1.82) is 0 Å². The molecule has 2 atom stereocenters. The van der Waals surface area contributed by atoms with Crippen molar-refractivity contribution in [3.05, 3.63) is 35.4 Å². The quantitative estimate of drug-likeness (QED) is 0.682. The summed E-state index contributed by atoms with van der Waals surface area (Å²) in [7, 11) is 0. The zero-order valence-electron chi connectivity index (χ0n) is 13.3. The van der Waals surface area contributed by atoms with E-state index in [-0.39, 0.29) is 18.5 Å². The minimum Gasteiger partial charge on any atom is -0.479 e. The monoisotopic (exact) mass is 349 g/mol. The molecule has 0 bridgehead atoms. The van der Waals surface area contributed by atoms with Gasteiger partial charge in [0.05, 0.1) is 6.54 Å². The molecular weight excluding hydrogens is 333 g/mol. The highest BCUT2D eigenvalue weighted by Crippen LogP contribution is 2.28. The van der Waals surface area contributed by atoms with E-state index in [2.05, 4.69) is 10.6 Å². The van der Waals surface area contributed by atoms with Crippen molar-refractivity contribution in [2.24, 2.45) is 0 Å². The van der Waals surface area contributed by atoms with E-state index in [1.54, 1.807) is 0 Å². The molecule has 1 aromatic rings. The Morgan fingerprint density at radius 1 is 1.24 bits per heavy atom. The van der Waals surface area contributed by atoms with Crippen LogP contribution in [0.1, 0.15) is 29.3 Å². The van der Waals surface area contributed by atoms with E-state index in [0.717, 1.165) is 4.90 Å². The number of likely N-dealkylation sites (tertiary alicyclic amines) is 1. The molecule has 0 saturated carbocycles. The Kier molecular flexibility index (Phi) is 3.74. The largest absolute Gasteiger partial charge is 0.479 e. The van der Waals surface area contributed by atoms with Crippen LogP contribution in [-0.2, 0) is 15.1 Å². The van der Waals surface area contributed by atoms with Crippen molar-refractivity contribution in [2.45, 2.75) is 24.6 Å². The summed E-state index contributed by atoms with van der Waals surface area (Å²) in [4.78, 5) is 47.7. The molecule has 2 fully saturated rings. The number of rotatable bonds is 3. The molecule has 25 heavy (non-hydrogen) atoms. The molecule has 8 nitrogen and oxygen atoms in total. The van der Waals surface area contributed by atoms with Gasteiger partial charge in [-0.15, -0.1) is 0 Å². The summed E-state index contributed by atoms with van der Waals surface area (Å²) in [5, 5.41) is 13.5. The third kappa shape index (κ3) is 2.71. The second-order valence-corrected chi connectivity index (χ2v) is 6.36. The minimum absolute atomic E-state index is 0.0135. The lowest BCUT2D eigenvalue weighted by Gasteiger charge is -2.22. The number of carboxylic acids is 1. The van der Waals surface area contributed by atoms with Crippen LogP contribution in [0.3, 0.4) is 0 Å². The molecule has 0 aromatic heterocycles. The molecule has 3 N–H and O–H groups in total. The normalized spacial score (nSPS) is 28.6. The van der Waals surface area contributed by atoms with Crippen molar-refractivity contribution < 1.29 is 28.7 Å². The highest BCUT2D eigenvalue weighted by Gasteiger charge is 2.47. The second-order valence-electron chi connectivity index (χ2n) is 6.36. The van der Waals surface area contributed by atoms with Gasteiger partial charge in [0.1, 0.15) is 5.54 Å². The van der Waals surface area contributed by atoms with Gasteiger partial charge in [0.25, 0.3) is 11.8 Å². The number of halogens is 1. The SMILES string of the molecule is CC1(c2ccc(C(=O)N3CCC(F)(C(=O)O)C3)cc2)NC(=O)NC1=O. The molecular formula is C16H16FN3O5. The summed E-state index contributed by atoms with van der Waals surface area (Å²) in [6.07, 6.45) is -0.254. The van der Waals surface area contributed by atoms with Crippen molar-refractivity contribution >= 4 is 23.8 Å². The van der Waals surface area contributed by atoms with Gasteiger partial charge in [0.15, 0.2) is 0 Å². The van der Waals surface area contributed by atoms with Crippen LogP contribution < -0.4 is 10.6 Å². The lowest BCUT2D eigenvalue weighted by molar-refractivity contribution is -0.149. The first kappa shape index (κ1) is 16.9. The molecule has 0 spiro atoms. The summed E-state index contributed by atoms with van der Waals surface area (Å²) in [6.45, 7) is 1.05. The summed E-state index contributed by atoms with van der Waals surface area (Å²) < 4.78 is 14.1. The lowest BCUT2D eigenvalue weighted by Crippen LogP contribution is -2.40. The number of carbonyl (C=O) groups is 4. The van der Waals surface area contributed by atoms with Gasteiger partial charge in [-0.05, 0) is 24.6 Å². The van der Waals surface area contributed by atoms with Gasteiger partial charge in [-0.25, -0.2) is 14.0 Å². The maximum atomic E-state index is 14.1. The van der Waals surface area contributed by atoms with Gasteiger partial charge in [-0.3, -0.25) is 14.9 Å². The average molecular weight is 349 g/mol. The number of urea groups is 1. The number of carboxylic acid groups (broad SMARTS) is 1. The molecule has 2 saturated heterocycles. The number of hydrogen-bond acceptors (Lipinski definition) is 4. The molecule has 2 aliphatic heterocycles. The van der Waals surface area contributed by atoms with E-state index in [9.17, 15) is 23.6 Å². The highest BCUT2D eigenvalue weighted by molar-refractivity contribution is 6.07. The molecule has 1 aromatic carbocycles. The second kappa shape index (κ2) is 5.54. The van der Waals surface area contributed by atoms with Gasteiger partial charge >= 0.3 is 12.0 Å². The number of benzene rings is 1. The number of imide groups is 1. The molecule has 9 heteroatoms. The maximum absolute atomic E-state index is 14.1. The Hall–Kier alpha value is -2.97. The summed E-state index contributed by atoms with van der Waals surface area (Å²) in [5.41, 5.74) is -2.93. The van der Waals surface area contributed by atoms with Crippen molar-refractivity contribution in [1.82, 2.24) is 15.5 Å². The van der Waals surface area contributed by atoms with E-state index in [0.29, 0.717) is 5.56 Å². The Bertz CT molecular complexity index is 780. The third-order valence-corrected chi connectivity index (χ3v) is 4.64. The van der Waals surface area contributed by atoms with E-state index in [1.165, 1.54) is 31.2 Å². The van der Waals surface area contributed by atoms with E-state index >= 15 is 0 Å². The van der Waals surface area contributed by atoms with E-state index in [1.807, 2.05) is 0 Å². The number of amides is 4. The van der Waals surface area contributed by atoms with Crippen LogP contribution in [0.15, 0.2) is 24.3 Å². The van der Waals surface area contributed by atoms with E-state index in [4.69, 9.17) is 5.11 Å². The molecule has 2 unspecified atom stereocenters. The molecule has 2 heterocycles. The zero-order chi connectivity index (χ0) is 18.4. The van der Waals surface area contributed by atoms with Crippen molar-refractivity contribution in [3.63, 3.8) is 0 Å². The maximum Gasteiger partial charge on any atom is 0.343 e. The number of carbonyl (C=O) groups excluding carboxylic acids is 3. The van der Waals surface area contributed by atoms with Crippen molar-refractivity contribution in [2.75, 3.05) is 13.1 Å². The van der Waals surface area contributed by atoms with Gasteiger partial charge in [-0.1, -0.05) is 12.1 Å². The van der Waals surface area contributed by atoms with Gasteiger partial charge in [0.2, 0.25) is 5.67 Å². The Morgan fingerprint density at radius 2 is 1.88 bits per heavy atom. The van der Waals surface area contributed by atoms with E-state index < -0.39 is 41.6 Å². The number of nitrogens with one attached hydrogen (secondary N) is 2. The summed E-state index contributed by atoms with van der Waals surface area (Å²) >= 11 is 0. The predicted molar refractivity (Wildman–Crippen MR) is 82.5 cm³/mol. The zero-order valence-corrected chi connectivity index (χ0v) is 13.3. The Morgan fingerprint density at radius 3 is 2.36 bits per heavy atom. The van der Waals surface area contributed by atoms with Crippen LogP contribution in [0, 0.1) is 0 Å². The molecule has 0 radical (unpaired) electrons. The fourth-order valence-corrected chi connectivity index (χ4v) is 3.00. The molecule has 4 amide bonds. The first-order chi connectivity index (χ1) is 11.7. The van der Waals surface area contributed by atoms with Gasteiger partial charge in [-0.2, -0.15) is 0 Å². The van der Waals surface area contributed by atoms with Gasteiger partial charge in [0, 0.05) is 18.5 Å². The first-order valence-electron chi connectivity index (χ1n) is 7.61. The predicted octanol–water partition coefficient (Wildman–Crippen LogP) is 0.380. The van der Waals surface area contributed by atoms with Crippen molar-refractivity contribution in [3.8, 4) is 0 Å². The third-order valence-electron chi connectivity index (χ3n) is 4.64. The standard InChI is InChI=1S/C16H16FN3O5/c1-15(12(22)18-14(25)19-15)10-4-2-9(3-5-10)11(21)20-7-6-16(17,8-20)13(23)24/h2-5H,6-8H2,1H3,(H,23,24)(H2,18,19,22,25). The summed E-state index contributed by atoms with van der Waals surface area (Å²) in [6, 6.07) is 5.36. The number of nitrogens with zero attached hydrogens (tertiary/aromatic N) is 1. The molecule has 2 aliphatic rings. The number of aliphatic carboxylic acids is 1. The van der Waals surface area contributed by atoms with Crippen LogP contribution >= 0.6 is 0 Å². The van der Waals surface area contributed by atoms with Crippen LogP contribution in [0.2, 0.25) is 0 Å². The smallest absolute Gasteiger partial charge is 0.343 e. The fraction of sp³-hybridized carbons (Fsp3) is 0.375.